The van der Waals surface area contributed by atoms with Crippen LogP contribution in [-0.4, -0.2) is 15.7 Å². The number of carbonyl (C=O) groups is 1. The Labute approximate surface area is 94.0 Å². The van der Waals surface area contributed by atoms with E-state index in [1.54, 1.807) is 24.5 Å². The molecule has 0 amide bonds. The van der Waals surface area contributed by atoms with Crippen molar-refractivity contribution < 1.29 is 4.79 Å². The highest BCUT2D eigenvalue weighted by Crippen LogP contribution is 2.05. The van der Waals surface area contributed by atoms with Crippen LogP contribution >= 0.6 is 0 Å². The molecule has 0 unspecified atom stereocenters. The van der Waals surface area contributed by atoms with Crippen LogP contribution < -0.4 is 0 Å². The summed E-state index contributed by atoms with van der Waals surface area (Å²) in [5.41, 5.74) is 2.21. The highest BCUT2D eigenvalue weighted by Gasteiger charge is 1.97. The van der Waals surface area contributed by atoms with Gasteiger partial charge in [0.05, 0.1) is 0 Å². The second kappa shape index (κ2) is 4.57. The highest BCUT2D eigenvalue weighted by atomic mass is 16.2. The zero-order valence-electron chi connectivity index (χ0n) is 9.00. The molecule has 1 aromatic carbocycles. The number of benzene rings is 1. The van der Waals surface area contributed by atoms with E-state index in [9.17, 15) is 4.79 Å². The fourth-order valence-corrected chi connectivity index (χ4v) is 1.32. The predicted molar refractivity (Wildman–Crippen MR) is 63.1 cm³/mol. The number of aromatic nitrogens is 2. The summed E-state index contributed by atoms with van der Waals surface area (Å²) in [6.45, 7) is 2.03. The standard InChI is InChI=1S/C13H12N2O/c1-11-3-5-12(6-4-11)7-8-13(16)15-10-2-9-14-15/h2-10H,1H3/b8-7-. The van der Waals surface area contributed by atoms with E-state index in [2.05, 4.69) is 5.10 Å². The van der Waals surface area contributed by atoms with E-state index in [-0.39, 0.29) is 5.91 Å². The fraction of sp³-hybridized carbons (Fsp3) is 0.0769. The van der Waals surface area contributed by atoms with Gasteiger partial charge in [0.15, 0.2) is 0 Å². The average Bonchev–Trinajstić information content (AvgIpc) is 2.81. The molecule has 2 rings (SSSR count). The van der Waals surface area contributed by atoms with Crippen LogP contribution in [0.5, 0.6) is 0 Å². The summed E-state index contributed by atoms with van der Waals surface area (Å²) in [6, 6.07) is 9.69. The molecule has 0 saturated carbocycles. The molecular formula is C13H12N2O. The second-order valence-electron chi connectivity index (χ2n) is 3.53. The Hall–Kier alpha value is -2.16. The summed E-state index contributed by atoms with van der Waals surface area (Å²) >= 11 is 0. The zero-order chi connectivity index (χ0) is 11.4. The minimum Gasteiger partial charge on any atom is -0.267 e. The van der Waals surface area contributed by atoms with Crippen LogP contribution in [0, 0.1) is 6.92 Å². The van der Waals surface area contributed by atoms with Crippen molar-refractivity contribution >= 4 is 12.0 Å². The van der Waals surface area contributed by atoms with Crippen LogP contribution in [0.4, 0.5) is 0 Å². The van der Waals surface area contributed by atoms with Gasteiger partial charge in [-0.05, 0) is 24.6 Å². The molecule has 0 atom stereocenters. The zero-order valence-corrected chi connectivity index (χ0v) is 9.00. The van der Waals surface area contributed by atoms with Gasteiger partial charge < -0.3 is 0 Å². The Kier molecular flexibility index (Phi) is 2.96. The molecule has 0 aliphatic carbocycles. The van der Waals surface area contributed by atoms with Crippen LogP contribution in [0.25, 0.3) is 6.08 Å². The summed E-state index contributed by atoms with van der Waals surface area (Å²) in [6.07, 6.45) is 6.50. The van der Waals surface area contributed by atoms with Crippen molar-refractivity contribution in [3.05, 3.63) is 59.9 Å². The van der Waals surface area contributed by atoms with E-state index in [0.717, 1.165) is 5.56 Å². The normalized spacial score (nSPS) is 10.8. The molecule has 0 aliphatic rings. The maximum atomic E-state index is 11.6. The molecule has 0 saturated heterocycles. The fourth-order valence-electron chi connectivity index (χ4n) is 1.32. The first-order valence-corrected chi connectivity index (χ1v) is 5.04. The van der Waals surface area contributed by atoms with Gasteiger partial charge in [-0.2, -0.15) is 5.10 Å². The van der Waals surface area contributed by atoms with Gasteiger partial charge in [0, 0.05) is 18.5 Å². The average molecular weight is 212 g/mol. The first kappa shape index (κ1) is 10.4. The van der Waals surface area contributed by atoms with Gasteiger partial charge in [-0.25, -0.2) is 4.68 Å². The van der Waals surface area contributed by atoms with E-state index in [1.165, 1.54) is 16.3 Å². The predicted octanol–water partition coefficient (Wildman–Crippen LogP) is 2.55. The van der Waals surface area contributed by atoms with E-state index >= 15 is 0 Å². The van der Waals surface area contributed by atoms with Crippen molar-refractivity contribution in [2.45, 2.75) is 6.92 Å². The monoisotopic (exact) mass is 212 g/mol. The maximum absolute atomic E-state index is 11.6. The molecule has 0 N–H and O–H groups in total. The number of rotatable bonds is 2. The summed E-state index contributed by atoms with van der Waals surface area (Å²) in [5, 5.41) is 3.86. The minimum absolute atomic E-state index is 0.148. The number of allylic oxidation sites excluding steroid dienone is 1. The van der Waals surface area contributed by atoms with Crippen molar-refractivity contribution in [2.75, 3.05) is 0 Å². The Morgan fingerprint density at radius 2 is 2.06 bits per heavy atom. The molecule has 0 spiro atoms. The van der Waals surface area contributed by atoms with Crippen LogP contribution in [0.1, 0.15) is 15.9 Å². The lowest BCUT2D eigenvalue weighted by molar-refractivity contribution is 0.0955. The first-order chi connectivity index (χ1) is 7.75. The van der Waals surface area contributed by atoms with Crippen molar-refractivity contribution in [1.29, 1.82) is 0 Å². The molecular weight excluding hydrogens is 200 g/mol. The van der Waals surface area contributed by atoms with Gasteiger partial charge >= 0.3 is 0 Å². The Morgan fingerprint density at radius 1 is 1.31 bits per heavy atom. The molecule has 0 aliphatic heterocycles. The number of nitrogens with zero attached hydrogens (tertiary/aromatic N) is 2. The van der Waals surface area contributed by atoms with Gasteiger partial charge in [0.2, 0.25) is 0 Å². The molecule has 0 radical (unpaired) electrons. The molecule has 16 heavy (non-hydrogen) atoms. The molecule has 0 fully saturated rings. The third-order valence-corrected chi connectivity index (χ3v) is 2.23. The SMILES string of the molecule is Cc1ccc(/C=C\C(=O)n2cccn2)cc1. The first-order valence-electron chi connectivity index (χ1n) is 5.04. The maximum Gasteiger partial charge on any atom is 0.270 e. The van der Waals surface area contributed by atoms with E-state index in [4.69, 9.17) is 0 Å². The van der Waals surface area contributed by atoms with E-state index < -0.39 is 0 Å². The van der Waals surface area contributed by atoms with Crippen molar-refractivity contribution in [3.63, 3.8) is 0 Å². The quantitative estimate of drug-likeness (QED) is 0.717. The lowest BCUT2D eigenvalue weighted by atomic mass is 10.1. The Morgan fingerprint density at radius 3 is 2.69 bits per heavy atom. The van der Waals surface area contributed by atoms with Crippen molar-refractivity contribution in [1.82, 2.24) is 9.78 Å². The largest absolute Gasteiger partial charge is 0.270 e. The second-order valence-corrected chi connectivity index (χ2v) is 3.53. The molecule has 1 aromatic heterocycles. The number of hydrogen-bond donors (Lipinski definition) is 0. The Bertz CT molecular complexity index is 495. The molecule has 3 heteroatoms. The number of hydrogen-bond acceptors (Lipinski definition) is 2. The topological polar surface area (TPSA) is 34.9 Å². The van der Waals surface area contributed by atoms with Crippen molar-refractivity contribution in [2.24, 2.45) is 0 Å². The van der Waals surface area contributed by atoms with E-state index in [1.807, 2.05) is 31.2 Å². The van der Waals surface area contributed by atoms with Crippen LogP contribution in [0.3, 0.4) is 0 Å². The lowest BCUT2D eigenvalue weighted by Crippen LogP contribution is -2.06. The molecule has 80 valence electrons. The van der Waals surface area contributed by atoms with Crippen LogP contribution in [0.2, 0.25) is 0 Å². The van der Waals surface area contributed by atoms with Gasteiger partial charge in [-0.1, -0.05) is 29.8 Å². The summed E-state index contributed by atoms with van der Waals surface area (Å²) < 4.78 is 1.30. The van der Waals surface area contributed by atoms with E-state index in [0.29, 0.717) is 0 Å². The van der Waals surface area contributed by atoms with Crippen molar-refractivity contribution in [3.8, 4) is 0 Å². The van der Waals surface area contributed by atoms with Crippen LogP contribution in [-0.2, 0) is 0 Å². The molecule has 0 bridgehead atoms. The van der Waals surface area contributed by atoms with Gasteiger partial charge in [-0.15, -0.1) is 0 Å². The van der Waals surface area contributed by atoms with Crippen LogP contribution in [0.15, 0.2) is 48.8 Å². The summed E-state index contributed by atoms with van der Waals surface area (Å²) in [5.74, 6) is -0.148. The van der Waals surface area contributed by atoms with Gasteiger partial charge in [0.25, 0.3) is 5.91 Å². The number of aryl methyl sites for hydroxylation is 1. The molecule has 1 heterocycles. The third kappa shape index (κ3) is 2.45. The summed E-state index contributed by atoms with van der Waals surface area (Å²) in [4.78, 5) is 11.6. The van der Waals surface area contributed by atoms with Gasteiger partial charge in [0.1, 0.15) is 0 Å². The lowest BCUT2D eigenvalue weighted by Gasteiger charge is -1.95. The summed E-state index contributed by atoms with van der Waals surface area (Å²) in [7, 11) is 0. The minimum atomic E-state index is -0.148. The molecule has 2 aromatic rings. The molecule has 3 nitrogen and oxygen atoms in total. The van der Waals surface area contributed by atoms with Gasteiger partial charge in [-0.3, -0.25) is 4.79 Å². The smallest absolute Gasteiger partial charge is 0.267 e. The third-order valence-electron chi connectivity index (χ3n) is 2.23. The Balaban J connectivity index is 2.10. The highest BCUT2D eigenvalue weighted by molar-refractivity contribution is 5.92. The number of carbonyl (C=O) groups excluding carboxylic acids is 1.